The van der Waals surface area contributed by atoms with Gasteiger partial charge in [0.05, 0.1) is 7.11 Å². The molecule has 1 aromatic heterocycles. The Bertz CT molecular complexity index is 384. The monoisotopic (exact) mass is 240 g/mol. The summed E-state index contributed by atoms with van der Waals surface area (Å²) < 4.78 is 5.12. The number of carbonyl (C=O) groups excluding carboxylic acids is 1. The van der Waals surface area contributed by atoms with Gasteiger partial charge >= 0.3 is 0 Å². The van der Waals surface area contributed by atoms with Crippen molar-refractivity contribution in [3.8, 4) is 5.75 Å². The minimum Gasteiger partial charge on any atom is -0.490 e. The summed E-state index contributed by atoms with van der Waals surface area (Å²) in [6.07, 6.45) is 1.69. The smallest absolute Gasteiger partial charge is 0.221 e. The number of aromatic nitrogens is 2. The molecule has 1 heterocycles. The number of hydrogen-bond donors (Lipinski definition) is 4. The first kappa shape index (κ1) is 13.0. The molecule has 0 aliphatic rings. The highest BCUT2D eigenvalue weighted by atomic mass is 16.5. The van der Waals surface area contributed by atoms with Crippen LogP contribution in [0.3, 0.4) is 0 Å². The third-order valence-corrected chi connectivity index (χ3v) is 2.07. The van der Waals surface area contributed by atoms with Gasteiger partial charge in [0.2, 0.25) is 11.7 Å². The van der Waals surface area contributed by atoms with Crippen LogP contribution in [-0.4, -0.2) is 36.6 Å². The molecule has 0 radical (unpaired) electrons. The van der Waals surface area contributed by atoms with E-state index in [1.54, 1.807) is 7.05 Å². The Balaban J connectivity index is 2.67. The molecule has 0 aromatic carbocycles. The van der Waals surface area contributed by atoms with Crippen molar-refractivity contribution in [3.63, 3.8) is 0 Å². The summed E-state index contributed by atoms with van der Waals surface area (Å²) in [6, 6.07) is 0. The Kier molecular flexibility index (Phi) is 4.95. The molecular weight excluding hydrogens is 224 g/mol. The molecule has 0 aliphatic carbocycles. The lowest BCUT2D eigenvalue weighted by Crippen LogP contribution is -2.21. The molecule has 0 saturated carbocycles. The quantitative estimate of drug-likeness (QED) is 0.384. The van der Waals surface area contributed by atoms with Gasteiger partial charge in [0, 0.05) is 20.0 Å². The SMILES string of the molecule is CNC(=O)CCNc1ncnc(NN)c1OC. The van der Waals surface area contributed by atoms with E-state index in [2.05, 4.69) is 26.0 Å². The molecule has 1 rings (SSSR count). The number of methoxy groups -OCH3 is 1. The van der Waals surface area contributed by atoms with Gasteiger partial charge in [-0.25, -0.2) is 15.8 Å². The Morgan fingerprint density at radius 2 is 2.18 bits per heavy atom. The first-order chi connectivity index (χ1) is 8.22. The van der Waals surface area contributed by atoms with Crippen LogP contribution in [0.5, 0.6) is 5.75 Å². The normalized spacial score (nSPS) is 9.59. The summed E-state index contributed by atoms with van der Waals surface area (Å²) in [7, 11) is 3.08. The van der Waals surface area contributed by atoms with E-state index in [-0.39, 0.29) is 5.91 Å². The van der Waals surface area contributed by atoms with E-state index in [0.717, 1.165) is 0 Å². The second-order valence-electron chi connectivity index (χ2n) is 3.10. The zero-order valence-electron chi connectivity index (χ0n) is 9.78. The second-order valence-corrected chi connectivity index (χ2v) is 3.10. The molecule has 0 fully saturated rings. The zero-order chi connectivity index (χ0) is 12.7. The molecule has 17 heavy (non-hydrogen) atoms. The van der Waals surface area contributed by atoms with Crippen LogP contribution in [0.2, 0.25) is 0 Å². The van der Waals surface area contributed by atoms with Gasteiger partial charge in [0.1, 0.15) is 6.33 Å². The van der Waals surface area contributed by atoms with Gasteiger partial charge in [0.25, 0.3) is 0 Å². The maximum atomic E-state index is 11.0. The lowest BCUT2D eigenvalue weighted by molar-refractivity contribution is -0.120. The molecule has 0 bridgehead atoms. The Morgan fingerprint density at radius 3 is 2.76 bits per heavy atom. The van der Waals surface area contributed by atoms with Crippen LogP contribution in [0.4, 0.5) is 11.6 Å². The van der Waals surface area contributed by atoms with Gasteiger partial charge in [0.15, 0.2) is 11.6 Å². The fourth-order valence-corrected chi connectivity index (χ4v) is 1.22. The highest BCUT2D eigenvalue weighted by Crippen LogP contribution is 2.27. The van der Waals surface area contributed by atoms with E-state index in [1.165, 1.54) is 13.4 Å². The molecule has 94 valence electrons. The molecule has 1 amide bonds. The van der Waals surface area contributed by atoms with E-state index in [9.17, 15) is 4.79 Å². The largest absolute Gasteiger partial charge is 0.490 e. The summed E-state index contributed by atoms with van der Waals surface area (Å²) in [4.78, 5) is 18.9. The molecule has 5 N–H and O–H groups in total. The number of amides is 1. The van der Waals surface area contributed by atoms with Crippen LogP contribution in [-0.2, 0) is 4.79 Å². The number of hydrazine groups is 1. The van der Waals surface area contributed by atoms with Crippen molar-refractivity contribution in [3.05, 3.63) is 6.33 Å². The third kappa shape index (κ3) is 3.45. The molecular formula is C9H16N6O2. The van der Waals surface area contributed by atoms with Gasteiger partial charge < -0.3 is 20.8 Å². The van der Waals surface area contributed by atoms with E-state index >= 15 is 0 Å². The molecule has 8 nitrogen and oxygen atoms in total. The van der Waals surface area contributed by atoms with Gasteiger partial charge in [-0.3, -0.25) is 4.79 Å². The topological polar surface area (TPSA) is 114 Å². The molecule has 0 aliphatic heterocycles. The number of nitrogen functional groups attached to an aromatic ring is 1. The van der Waals surface area contributed by atoms with E-state index < -0.39 is 0 Å². The highest BCUT2D eigenvalue weighted by Gasteiger charge is 2.10. The lowest BCUT2D eigenvalue weighted by atomic mass is 10.4. The maximum Gasteiger partial charge on any atom is 0.221 e. The number of nitrogens with zero attached hydrogens (tertiary/aromatic N) is 2. The van der Waals surface area contributed by atoms with Gasteiger partial charge in [-0.1, -0.05) is 0 Å². The minimum atomic E-state index is -0.0531. The molecule has 0 saturated heterocycles. The van der Waals surface area contributed by atoms with E-state index in [4.69, 9.17) is 10.6 Å². The number of anilines is 2. The minimum absolute atomic E-state index is 0.0531. The second kappa shape index (κ2) is 6.48. The summed E-state index contributed by atoms with van der Waals surface area (Å²) in [5.41, 5.74) is 2.40. The fraction of sp³-hybridized carbons (Fsp3) is 0.444. The van der Waals surface area contributed by atoms with E-state index in [0.29, 0.717) is 30.4 Å². The third-order valence-electron chi connectivity index (χ3n) is 2.07. The van der Waals surface area contributed by atoms with Crippen LogP contribution in [0.25, 0.3) is 0 Å². The van der Waals surface area contributed by atoms with Gasteiger partial charge in [-0.05, 0) is 0 Å². The molecule has 0 atom stereocenters. The predicted octanol–water partition coefficient (Wildman–Crippen LogP) is -0.681. The highest BCUT2D eigenvalue weighted by molar-refractivity contribution is 5.76. The molecule has 1 aromatic rings. The van der Waals surface area contributed by atoms with Crippen LogP contribution in [0, 0.1) is 0 Å². The number of nitrogens with two attached hydrogens (primary N) is 1. The van der Waals surface area contributed by atoms with Crippen molar-refractivity contribution in [2.24, 2.45) is 5.84 Å². The first-order valence-electron chi connectivity index (χ1n) is 5.03. The number of nitrogens with one attached hydrogen (secondary N) is 3. The zero-order valence-corrected chi connectivity index (χ0v) is 9.78. The standard InChI is InChI=1S/C9H16N6O2/c1-11-6(16)3-4-12-8-7(17-2)9(15-10)14-5-13-8/h5H,3-4,10H2,1-2H3,(H,11,16)(H2,12,13,14,15). The van der Waals surface area contributed by atoms with Crippen molar-refractivity contribution in [2.45, 2.75) is 6.42 Å². The van der Waals surface area contributed by atoms with Crippen molar-refractivity contribution < 1.29 is 9.53 Å². The average molecular weight is 240 g/mol. The van der Waals surface area contributed by atoms with Crippen LogP contribution < -0.4 is 26.6 Å². The van der Waals surface area contributed by atoms with Crippen LogP contribution >= 0.6 is 0 Å². The predicted molar refractivity (Wildman–Crippen MR) is 63.6 cm³/mol. The molecule has 0 spiro atoms. The Hall–Kier alpha value is -2.09. The number of carbonyl (C=O) groups is 1. The summed E-state index contributed by atoms with van der Waals surface area (Å²) in [5.74, 6) is 6.50. The van der Waals surface area contributed by atoms with Crippen LogP contribution in [0.15, 0.2) is 6.33 Å². The first-order valence-corrected chi connectivity index (χ1v) is 5.03. The van der Waals surface area contributed by atoms with Gasteiger partial charge in [-0.2, -0.15) is 0 Å². The van der Waals surface area contributed by atoms with E-state index in [1.807, 2.05) is 0 Å². The molecule has 0 unspecified atom stereocenters. The summed E-state index contributed by atoms with van der Waals surface area (Å²) in [6.45, 7) is 0.442. The van der Waals surface area contributed by atoms with Gasteiger partial charge in [-0.15, -0.1) is 0 Å². The Labute approximate surface area is 98.9 Å². The maximum absolute atomic E-state index is 11.0. The number of rotatable bonds is 6. The number of ether oxygens (including phenoxy) is 1. The summed E-state index contributed by atoms with van der Waals surface area (Å²) in [5, 5.41) is 5.50. The Morgan fingerprint density at radius 1 is 1.47 bits per heavy atom. The average Bonchev–Trinajstić information content (AvgIpc) is 2.37. The molecule has 8 heteroatoms. The van der Waals surface area contributed by atoms with Crippen molar-refractivity contribution in [1.29, 1.82) is 0 Å². The summed E-state index contributed by atoms with van der Waals surface area (Å²) >= 11 is 0. The van der Waals surface area contributed by atoms with Crippen molar-refractivity contribution in [2.75, 3.05) is 31.4 Å². The van der Waals surface area contributed by atoms with Crippen molar-refractivity contribution >= 4 is 17.5 Å². The lowest BCUT2D eigenvalue weighted by Gasteiger charge is -2.12. The van der Waals surface area contributed by atoms with Crippen molar-refractivity contribution in [1.82, 2.24) is 15.3 Å². The fourth-order valence-electron chi connectivity index (χ4n) is 1.22. The number of hydrogen-bond acceptors (Lipinski definition) is 7. The van der Waals surface area contributed by atoms with Crippen LogP contribution in [0.1, 0.15) is 6.42 Å².